The fourth-order valence-electron chi connectivity index (χ4n) is 1.41. The molecule has 0 aliphatic heterocycles. The van der Waals surface area contributed by atoms with Crippen molar-refractivity contribution in [1.29, 1.82) is 0 Å². The Morgan fingerprint density at radius 1 is 1.19 bits per heavy atom. The molecule has 90 valence electrons. The predicted octanol–water partition coefficient (Wildman–Crippen LogP) is 2.21. The SMILES string of the molecule is CC(CCCN)OCCOc1ccccc1. The van der Waals surface area contributed by atoms with E-state index in [-0.39, 0.29) is 6.10 Å². The summed E-state index contributed by atoms with van der Waals surface area (Å²) in [7, 11) is 0. The van der Waals surface area contributed by atoms with Gasteiger partial charge in [-0.05, 0) is 38.4 Å². The number of ether oxygens (including phenoxy) is 2. The molecule has 0 aromatic heterocycles. The minimum Gasteiger partial charge on any atom is -0.491 e. The molecule has 1 aromatic rings. The summed E-state index contributed by atoms with van der Waals surface area (Å²) >= 11 is 0. The molecule has 2 N–H and O–H groups in total. The Kier molecular flexibility index (Phi) is 6.61. The Morgan fingerprint density at radius 3 is 2.62 bits per heavy atom. The second-order valence-electron chi connectivity index (χ2n) is 3.77. The summed E-state index contributed by atoms with van der Waals surface area (Å²) in [4.78, 5) is 0. The molecular weight excluding hydrogens is 202 g/mol. The van der Waals surface area contributed by atoms with Crippen LogP contribution in [0.15, 0.2) is 30.3 Å². The maximum Gasteiger partial charge on any atom is 0.119 e. The van der Waals surface area contributed by atoms with E-state index in [1.165, 1.54) is 0 Å². The third-order valence-electron chi connectivity index (χ3n) is 2.31. The Hall–Kier alpha value is -1.06. The van der Waals surface area contributed by atoms with Gasteiger partial charge in [0.05, 0.1) is 12.7 Å². The van der Waals surface area contributed by atoms with E-state index in [1.54, 1.807) is 0 Å². The molecule has 3 nitrogen and oxygen atoms in total. The Labute approximate surface area is 97.6 Å². The lowest BCUT2D eigenvalue weighted by atomic mass is 10.2. The molecule has 1 unspecified atom stereocenters. The van der Waals surface area contributed by atoms with Crippen LogP contribution < -0.4 is 10.5 Å². The van der Waals surface area contributed by atoms with Crippen molar-refractivity contribution < 1.29 is 9.47 Å². The normalized spacial score (nSPS) is 12.4. The first-order valence-corrected chi connectivity index (χ1v) is 5.82. The molecule has 0 radical (unpaired) electrons. The van der Waals surface area contributed by atoms with E-state index < -0.39 is 0 Å². The zero-order valence-electron chi connectivity index (χ0n) is 9.89. The van der Waals surface area contributed by atoms with Gasteiger partial charge < -0.3 is 15.2 Å². The molecule has 0 heterocycles. The first-order chi connectivity index (χ1) is 7.83. The van der Waals surface area contributed by atoms with Crippen LogP contribution in [0.2, 0.25) is 0 Å². The fourth-order valence-corrected chi connectivity index (χ4v) is 1.41. The van der Waals surface area contributed by atoms with Gasteiger partial charge in [-0.3, -0.25) is 0 Å². The van der Waals surface area contributed by atoms with Crippen LogP contribution in [0.1, 0.15) is 19.8 Å². The van der Waals surface area contributed by atoms with Gasteiger partial charge in [0.2, 0.25) is 0 Å². The van der Waals surface area contributed by atoms with Crippen LogP contribution in [-0.4, -0.2) is 25.9 Å². The molecule has 0 aliphatic rings. The number of nitrogens with two attached hydrogens (primary N) is 1. The van der Waals surface area contributed by atoms with Gasteiger partial charge in [0, 0.05) is 0 Å². The molecule has 16 heavy (non-hydrogen) atoms. The van der Waals surface area contributed by atoms with Crippen LogP contribution in [0.4, 0.5) is 0 Å². The van der Waals surface area contributed by atoms with Crippen molar-refractivity contribution in [1.82, 2.24) is 0 Å². The van der Waals surface area contributed by atoms with Gasteiger partial charge in [-0.25, -0.2) is 0 Å². The number of hydrogen-bond acceptors (Lipinski definition) is 3. The maximum absolute atomic E-state index is 5.59. The number of para-hydroxylation sites is 1. The quantitative estimate of drug-likeness (QED) is 0.687. The number of hydrogen-bond donors (Lipinski definition) is 1. The van der Waals surface area contributed by atoms with Gasteiger partial charge >= 0.3 is 0 Å². The summed E-state index contributed by atoms with van der Waals surface area (Å²) in [6, 6.07) is 9.77. The van der Waals surface area contributed by atoms with Gasteiger partial charge in [-0.1, -0.05) is 18.2 Å². The van der Waals surface area contributed by atoms with E-state index >= 15 is 0 Å². The van der Waals surface area contributed by atoms with E-state index in [0.29, 0.717) is 13.2 Å². The highest BCUT2D eigenvalue weighted by Gasteiger charge is 2.00. The van der Waals surface area contributed by atoms with Crippen LogP contribution in [0.5, 0.6) is 5.75 Å². The summed E-state index contributed by atoms with van der Waals surface area (Å²) in [6.45, 7) is 4.02. The summed E-state index contributed by atoms with van der Waals surface area (Å²) in [6.07, 6.45) is 2.30. The van der Waals surface area contributed by atoms with Crippen molar-refractivity contribution in [2.24, 2.45) is 5.73 Å². The molecular formula is C13H21NO2. The molecule has 0 spiro atoms. The van der Waals surface area contributed by atoms with Crippen molar-refractivity contribution >= 4 is 0 Å². The van der Waals surface area contributed by atoms with Crippen molar-refractivity contribution in [2.45, 2.75) is 25.9 Å². The first kappa shape index (κ1) is 13.0. The predicted molar refractivity (Wildman–Crippen MR) is 65.6 cm³/mol. The van der Waals surface area contributed by atoms with E-state index in [1.807, 2.05) is 30.3 Å². The highest BCUT2D eigenvalue weighted by atomic mass is 16.5. The van der Waals surface area contributed by atoms with Crippen LogP contribution in [0.3, 0.4) is 0 Å². The molecule has 0 amide bonds. The van der Waals surface area contributed by atoms with E-state index in [0.717, 1.165) is 25.1 Å². The lowest BCUT2D eigenvalue weighted by molar-refractivity contribution is 0.0392. The molecule has 1 aromatic carbocycles. The van der Waals surface area contributed by atoms with Crippen molar-refractivity contribution in [3.8, 4) is 5.75 Å². The number of benzene rings is 1. The molecule has 1 rings (SSSR count). The van der Waals surface area contributed by atoms with Gasteiger partial charge in [0.1, 0.15) is 12.4 Å². The van der Waals surface area contributed by atoms with Crippen molar-refractivity contribution in [3.63, 3.8) is 0 Å². The van der Waals surface area contributed by atoms with E-state index in [4.69, 9.17) is 15.2 Å². The van der Waals surface area contributed by atoms with Gasteiger partial charge in [-0.15, -0.1) is 0 Å². The summed E-state index contributed by atoms with van der Waals surface area (Å²) in [5, 5.41) is 0. The second kappa shape index (κ2) is 8.13. The lowest BCUT2D eigenvalue weighted by Gasteiger charge is -2.12. The van der Waals surface area contributed by atoms with Gasteiger partial charge in [-0.2, -0.15) is 0 Å². The van der Waals surface area contributed by atoms with Crippen molar-refractivity contribution in [3.05, 3.63) is 30.3 Å². The Balaban J connectivity index is 2.03. The Morgan fingerprint density at radius 2 is 1.94 bits per heavy atom. The van der Waals surface area contributed by atoms with E-state index in [9.17, 15) is 0 Å². The smallest absolute Gasteiger partial charge is 0.119 e. The molecule has 3 heteroatoms. The van der Waals surface area contributed by atoms with E-state index in [2.05, 4.69) is 6.92 Å². The standard InChI is InChI=1S/C13H21NO2/c1-12(6-5-9-14)15-10-11-16-13-7-3-2-4-8-13/h2-4,7-8,12H,5-6,9-11,14H2,1H3. The number of rotatable bonds is 8. The van der Waals surface area contributed by atoms with Crippen LogP contribution in [0, 0.1) is 0 Å². The monoisotopic (exact) mass is 223 g/mol. The molecule has 0 fully saturated rings. The topological polar surface area (TPSA) is 44.5 Å². The Bertz CT molecular complexity index is 264. The highest BCUT2D eigenvalue weighted by molar-refractivity contribution is 5.20. The zero-order chi connectivity index (χ0) is 11.6. The molecule has 0 saturated heterocycles. The van der Waals surface area contributed by atoms with Gasteiger partial charge in [0.25, 0.3) is 0 Å². The van der Waals surface area contributed by atoms with Crippen LogP contribution >= 0.6 is 0 Å². The second-order valence-corrected chi connectivity index (χ2v) is 3.77. The third kappa shape index (κ3) is 5.73. The minimum atomic E-state index is 0.267. The zero-order valence-corrected chi connectivity index (χ0v) is 9.89. The molecule has 0 bridgehead atoms. The summed E-state index contributed by atoms with van der Waals surface area (Å²) < 4.78 is 11.1. The first-order valence-electron chi connectivity index (χ1n) is 5.82. The van der Waals surface area contributed by atoms with Crippen LogP contribution in [0.25, 0.3) is 0 Å². The molecule has 1 atom stereocenters. The fraction of sp³-hybridized carbons (Fsp3) is 0.538. The highest BCUT2D eigenvalue weighted by Crippen LogP contribution is 2.08. The summed E-state index contributed by atoms with van der Waals surface area (Å²) in [5.41, 5.74) is 5.43. The third-order valence-corrected chi connectivity index (χ3v) is 2.31. The van der Waals surface area contributed by atoms with Gasteiger partial charge in [0.15, 0.2) is 0 Å². The largest absolute Gasteiger partial charge is 0.491 e. The maximum atomic E-state index is 5.59. The average molecular weight is 223 g/mol. The van der Waals surface area contributed by atoms with Crippen molar-refractivity contribution in [2.75, 3.05) is 19.8 Å². The lowest BCUT2D eigenvalue weighted by Crippen LogP contribution is -2.15. The average Bonchev–Trinajstić information content (AvgIpc) is 2.33. The molecule has 0 saturated carbocycles. The minimum absolute atomic E-state index is 0.267. The molecule has 0 aliphatic carbocycles. The summed E-state index contributed by atoms with van der Waals surface area (Å²) in [5.74, 6) is 0.890. The van der Waals surface area contributed by atoms with Crippen LogP contribution in [-0.2, 0) is 4.74 Å².